The van der Waals surface area contributed by atoms with Crippen molar-refractivity contribution in [3.05, 3.63) is 42.1 Å². The molecule has 20 heavy (non-hydrogen) atoms. The highest BCUT2D eigenvalue weighted by Crippen LogP contribution is 2.19. The van der Waals surface area contributed by atoms with Gasteiger partial charge < -0.3 is 10.2 Å². The van der Waals surface area contributed by atoms with E-state index in [1.54, 1.807) is 17.2 Å². The number of carbonyl (C=O) groups is 1. The fourth-order valence-corrected chi connectivity index (χ4v) is 2.51. The van der Waals surface area contributed by atoms with Crippen molar-refractivity contribution < 1.29 is 4.79 Å². The highest BCUT2D eigenvalue weighted by Gasteiger charge is 2.27. The normalized spacial score (nSPS) is 18.8. The molecule has 1 amide bonds. The second-order valence-electron chi connectivity index (χ2n) is 4.72. The molecule has 3 rings (SSSR count). The number of carbonyl (C=O) groups excluding carboxylic acids is 1. The summed E-state index contributed by atoms with van der Waals surface area (Å²) in [6, 6.07) is 11.0. The second kappa shape index (κ2) is 5.27. The third-order valence-corrected chi connectivity index (χ3v) is 3.53. The largest absolute Gasteiger partial charge is 0.320 e. The van der Waals surface area contributed by atoms with Gasteiger partial charge in [-0.2, -0.15) is 5.26 Å². The molecule has 1 aliphatic heterocycles. The van der Waals surface area contributed by atoms with Gasteiger partial charge in [-0.25, -0.2) is 0 Å². The number of amides is 1. The van der Waals surface area contributed by atoms with Crippen molar-refractivity contribution in [3.8, 4) is 6.07 Å². The van der Waals surface area contributed by atoms with Gasteiger partial charge in [-0.15, -0.1) is 0 Å². The third kappa shape index (κ3) is 2.10. The van der Waals surface area contributed by atoms with E-state index in [0.29, 0.717) is 25.2 Å². The first-order chi connectivity index (χ1) is 9.81. The van der Waals surface area contributed by atoms with Crippen molar-refractivity contribution in [3.63, 3.8) is 0 Å². The van der Waals surface area contributed by atoms with Gasteiger partial charge in [0.15, 0.2) is 0 Å². The predicted molar refractivity (Wildman–Crippen MR) is 75.1 cm³/mol. The van der Waals surface area contributed by atoms with Crippen molar-refractivity contribution in [1.29, 1.82) is 5.26 Å². The Labute approximate surface area is 116 Å². The molecule has 0 radical (unpaired) electrons. The Morgan fingerprint density at radius 1 is 1.40 bits per heavy atom. The van der Waals surface area contributed by atoms with Crippen LogP contribution in [0.2, 0.25) is 0 Å². The average molecular weight is 266 g/mol. The molecule has 5 heteroatoms. The molecule has 1 unspecified atom stereocenters. The van der Waals surface area contributed by atoms with Gasteiger partial charge >= 0.3 is 0 Å². The molecule has 1 aliphatic rings. The van der Waals surface area contributed by atoms with E-state index in [1.807, 2.05) is 24.3 Å². The molecule has 0 saturated carbocycles. The van der Waals surface area contributed by atoms with E-state index < -0.39 is 6.04 Å². The molecule has 2 heterocycles. The van der Waals surface area contributed by atoms with E-state index in [-0.39, 0.29) is 5.91 Å². The number of pyridine rings is 1. The Morgan fingerprint density at radius 2 is 2.30 bits per heavy atom. The first-order valence-electron chi connectivity index (χ1n) is 6.56. The van der Waals surface area contributed by atoms with Crippen LogP contribution in [0, 0.1) is 11.3 Å². The Kier molecular flexibility index (Phi) is 3.32. The van der Waals surface area contributed by atoms with Crippen LogP contribution in [0.25, 0.3) is 10.9 Å². The van der Waals surface area contributed by atoms with E-state index in [1.165, 1.54) is 0 Å². The molecule has 0 bridgehead atoms. The van der Waals surface area contributed by atoms with E-state index in [0.717, 1.165) is 10.9 Å². The summed E-state index contributed by atoms with van der Waals surface area (Å²) in [5, 5.41) is 13.1. The lowest BCUT2D eigenvalue weighted by atomic mass is 10.1. The maximum Gasteiger partial charge on any atom is 0.255 e. The van der Waals surface area contributed by atoms with Crippen LogP contribution >= 0.6 is 0 Å². The number of piperazine rings is 1. The molecular weight excluding hydrogens is 252 g/mol. The lowest BCUT2D eigenvalue weighted by Crippen LogP contribution is -2.53. The molecular formula is C15H14N4O. The molecule has 1 atom stereocenters. The summed E-state index contributed by atoms with van der Waals surface area (Å²) in [6.07, 6.45) is 1.71. The number of hydrogen-bond donors (Lipinski definition) is 1. The smallest absolute Gasteiger partial charge is 0.255 e. The number of aromatic nitrogens is 1. The maximum absolute atomic E-state index is 12.7. The van der Waals surface area contributed by atoms with Crippen molar-refractivity contribution in [2.75, 3.05) is 19.6 Å². The van der Waals surface area contributed by atoms with Gasteiger partial charge in [-0.3, -0.25) is 9.78 Å². The highest BCUT2D eigenvalue weighted by atomic mass is 16.2. The first-order valence-corrected chi connectivity index (χ1v) is 6.56. The zero-order chi connectivity index (χ0) is 13.9. The molecule has 1 saturated heterocycles. The minimum Gasteiger partial charge on any atom is -0.320 e. The standard InChI is InChI=1S/C15H14N4O/c16-9-11-10-17-7-8-19(11)15(20)13-3-1-5-14-12(13)4-2-6-18-14/h1-6,11,17H,7-8,10H2. The van der Waals surface area contributed by atoms with Crippen LogP contribution in [0.15, 0.2) is 36.5 Å². The third-order valence-electron chi connectivity index (χ3n) is 3.53. The number of hydrogen-bond acceptors (Lipinski definition) is 4. The fraction of sp³-hybridized carbons (Fsp3) is 0.267. The second-order valence-corrected chi connectivity index (χ2v) is 4.72. The zero-order valence-corrected chi connectivity index (χ0v) is 10.9. The summed E-state index contributed by atoms with van der Waals surface area (Å²) in [7, 11) is 0. The zero-order valence-electron chi connectivity index (χ0n) is 10.9. The van der Waals surface area contributed by atoms with Gasteiger partial charge in [0, 0.05) is 36.8 Å². The minimum absolute atomic E-state index is 0.100. The number of benzene rings is 1. The monoisotopic (exact) mass is 266 g/mol. The Morgan fingerprint density at radius 3 is 3.15 bits per heavy atom. The maximum atomic E-state index is 12.7. The van der Waals surface area contributed by atoms with Crippen LogP contribution in [0.4, 0.5) is 0 Å². The highest BCUT2D eigenvalue weighted by molar-refractivity contribution is 6.06. The average Bonchev–Trinajstić information content (AvgIpc) is 2.53. The quantitative estimate of drug-likeness (QED) is 0.841. The van der Waals surface area contributed by atoms with E-state index in [2.05, 4.69) is 16.4 Å². The number of rotatable bonds is 1. The summed E-state index contributed by atoms with van der Waals surface area (Å²) in [5.41, 5.74) is 1.40. The summed E-state index contributed by atoms with van der Waals surface area (Å²) < 4.78 is 0. The lowest BCUT2D eigenvalue weighted by molar-refractivity contribution is 0.0689. The number of nitrogens with zero attached hydrogens (tertiary/aromatic N) is 3. The number of nitriles is 1. The topological polar surface area (TPSA) is 69.0 Å². The Balaban J connectivity index is 2.02. The van der Waals surface area contributed by atoms with Crippen LogP contribution in [-0.4, -0.2) is 41.5 Å². The van der Waals surface area contributed by atoms with Gasteiger partial charge in [0.1, 0.15) is 6.04 Å². The molecule has 2 aromatic rings. The Hall–Kier alpha value is -2.45. The van der Waals surface area contributed by atoms with Crippen molar-refractivity contribution in [2.24, 2.45) is 0 Å². The van der Waals surface area contributed by atoms with Crippen LogP contribution in [0.5, 0.6) is 0 Å². The van der Waals surface area contributed by atoms with Crippen LogP contribution in [-0.2, 0) is 0 Å². The summed E-state index contributed by atoms with van der Waals surface area (Å²) >= 11 is 0. The summed E-state index contributed by atoms with van der Waals surface area (Å²) in [6.45, 7) is 1.78. The predicted octanol–water partition coefficient (Wildman–Crippen LogP) is 1.17. The fourth-order valence-electron chi connectivity index (χ4n) is 2.51. The minimum atomic E-state index is -0.414. The Bertz CT molecular complexity index is 686. The van der Waals surface area contributed by atoms with Crippen molar-refractivity contribution >= 4 is 16.8 Å². The van der Waals surface area contributed by atoms with Gasteiger partial charge in [0.25, 0.3) is 5.91 Å². The van der Waals surface area contributed by atoms with Gasteiger partial charge in [-0.05, 0) is 18.2 Å². The van der Waals surface area contributed by atoms with Crippen LogP contribution < -0.4 is 5.32 Å². The van der Waals surface area contributed by atoms with Crippen LogP contribution in [0.1, 0.15) is 10.4 Å². The molecule has 1 aromatic heterocycles. The summed E-state index contributed by atoms with van der Waals surface area (Å²) in [4.78, 5) is 18.6. The molecule has 1 N–H and O–H groups in total. The summed E-state index contributed by atoms with van der Waals surface area (Å²) in [5.74, 6) is -0.100. The molecule has 1 fully saturated rings. The van der Waals surface area contributed by atoms with Crippen molar-refractivity contribution in [2.45, 2.75) is 6.04 Å². The molecule has 0 spiro atoms. The van der Waals surface area contributed by atoms with Gasteiger partial charge in [-0.1, -0.05) is 12.1 Å². The number of nitrogens with one attached hydrogen (secondary N) is 1. The SMILES string of the molecule is N#CC1CNCCN1C(=O)c1cccc2ncccc12. The molecule has 0 aliphatic carbocycles. The van der Waals surface area contributed by atoms with Crippen molar-refractivity contribution in [1.82, 2.24) is 15.2 Å². The van der Waals surface area contributed by atoms with Crippen LogP contribution in [0.3, 0.4) is 0 Å². The molecule has 100 valence electrons. The van der Waals surface area contributed by atoms with E-state index in [4.69, 9.17) is 0 Å². The van der Waals surface area contributed by atoms with Gasteiger partial charge in [0.05, 0.1) is 11.6 Å². The number of fused-ring (bicyclic) bond motifs is 1. The van der Waals surface area contributed by atoms with Gasteiger partial charge in [0.2, 0.25) is 0 Å². The molecule has 5 nitrogen and oxygen atoms in total. The first kappa shape index (κ1) is 12.6. The lowest BCUT2D eigenvalue weighted by Gasteiger charge is -2.32. The molecule has 1 aromatic carbocycles. The van der Waals surface area contributed by atoms with E-state index in [9.17, 15) is 10.1 Å². The van der Waals surface area contributed by atoms with E-state index >= 15 is 0 Å².